The van der Waals surface area contributed by atoms with Gasteiger partial charge in [0.2, 0.25) is 0 Å². The number of likely N-dealkylation sites (N-methyl/N-ethyl adjacent to an activating group) is 1. The van der Waals surface area contributed by atoms with E-state index in [0.717, 1.165) is 53.3 Å². The number of nitrogens with zero attached hydrogens (tertiary/aromatic N) is 3. The molecule has 1 unspecified atom stereocenters. The molecule has 152 valence electrons. The molecule has 1 aliphatic heterocycles. The fourth-order valence-corrected chi connectivity index (χ4v) is 4.45. The molecular weight excluding hydrogens is 384 g/mol. The Morgan fingerprint density at radius 2 is 1.90 bits per heavy atom. The van der Waals surface area contributed by atoms with Gasteiger partial charge in [-0.3, -0.25) is 4.79 Å². The average Bonchev–Trinajstić information content (AvgIpc) is 3.14. The molecule has 2 N–H and O–H groups in total. The van der Waals surface area contributed by atoms with Gasteiger partial charge in [0.1, 0.15) is 5.82 Å². The number of benzene rings is 1. The Morgan fingerprint density at radius 3 is 2.59 bits per heavy atom. The van der Waals surface area contributed by atoms with Gasteiger partial charge in [0, 0.05) is 47.0 Å². The van der Waals surface area contributed by atoms with Crippen molar-refractivity contribution in [1.82, 2.24) is 9.88 Å². The van der Waals surface area contributed by atoms with Gasteiger partial charge >= 0.3 is 0 Å². The lowest BCUT2D eigenvalue weighted by Crippen LogP contribution is -2.44. The second kappa shape index (κ2) is 8.10. The van der Waals surface area contributed by atoms with Gasteiger partial charge in [0.15, 0.2) is 6.10 Å². The fraction of sp³-hybridized carbons (Fsp3) is 0.364. The molecule has 29 heavy (non-hydrogen) atoms. The first-order valence-corrected chi connectivity index (χ1v) is 10.6. The van der Waals surface area contributed by atoms with Crippen LogP contribution in [0.3, 0.4) is 0 Å². The van der Waals surface area contributed by atoms with Crippen molar-refractivity contribution < 1.29 is 9.90 Å². The van der Waals surface area contributed by atoms with Crippen molar-refractivity contribution in [2.75, 3.05) is 43.4 Å². The summed E-state index contributed by atoms with van der Waals surface area (Å²) in [6.45, 7) is 8.05. The molecule has 1 amide bonds. The molecule has 3 heterocycles. The van der Waals surface area contributed by atoms with E-state index in [1.165, 1.54) is 11.3 Å². The minimum Gasteiger partial charge on any atom is -0.378 e. The smallest absolute Gasteiger partial charge is 0.258 e. The van der Waals surface area contributed by atoms with Crippen molar-refractivity contribution in [2.45, 2.75) is 20.0 Å². The maximum Gasteiger partial charge on any atom is 0.258 e. The highest BCUT2D eigenvalue weighted by Gasteiger charge is 2.20. The number of carbonyl (C=O) groups excluding carboxylic acids is 1. The Balaban J connectivity index is 1.54. The number of rotatable bonds is 4. The van der Waals surface area contributed by atoms with Crippen LogP contribution in [0.25, 0.3) is 10.9 Å². The number of hydrogen-bond acceptors (Lipinski definition) is 6. The zero-order valence-electron chi connectivity index (χ0n) is 17.0. The van der Waals surface area contributed by atoms with Crippen LogP contribution in [0.5, 0.6) is 0 Å². The molecule has 7 heteroatoms. The fourth-order valence-electron chi connectivity index (χ4n) is 3.59. The molecule has 0 radical (unpaired) electrons. The molecule has 1 saturated heterocycles. The minimum atomic E-state index is -1.16. The lowest BCUT2D eigenvalue weighted by Gasteiger charge is -2.33. The molecule has 1 atom stereocenters. The number of carbonyl (C=O) groups is 1. The van der Waals surface area contributed by atoms with Gasteiger partial charge in [-0.25, -0.2) is 4.98 Å². The van der Waals surface area contributed by atoms with Crippen molar-refractivity contribution in [2.24, 2.45) is 0 Å². The van der Waals surface area contributed by atoms with Crippen LogP contribution < -0.4 is 10.2 Å². The van der Waals surface area contributed by atoms with E-state index in [9.17, 15) is 9.90 Å². The minimum absolute atomic E-state index is 0.425. The molecule has 2 aromatic heterocycles. The summed E-state index contributed by atoms with van der Waals surface area (Å²) in [5, 5.41) is 14.1. The van der Waals surface area contributed by atoms with E-state index >= 15 is 0 Å². The number of nitrogens with one attached hydrogen (secondary N) is 1. The number of anilines is 2. The molecule has 1 aliphatic rings. The zero-order chi connectivity index (χ0) is 20.5. The standard InChI is InChI=1S/C22H26N4O2S/c1-14-12-20(26-10-8-25(3)9-11-26)24-18-6-5-16(13-17(14)18)23-22(28)21(27)19-7-4-15(2)29-19/h4-7,12-13,21,27H,8-11H2,1-3H3,(H,23,28). The van der Waals surface area contributed by atoms with Crippen LogP contribution in [0.2, 0.25) is 0 Å². The molecule has 3 aromatic rings. The maximum atomic E-state index is 12.4. The third-order valence-electron chi connectivity index (χ3n) is 5.38. The lowest BCUT2D eigenvalue weighted by atomic mass is 10.1. The Bertz CT molecular complexity index is 1040. The van der Waals surface area contributed by atoms with Crippen molar-refractivity contribution in [1.29, 1.82) is 0 Å². The normalized spacial score (nSPS) is 16.2. The summed E-state index contributed by atoms with van der Waals surface area (Å²) in [7, 11) is 2.14. The van der Waals surface area contributed by atoms with Gasteiger partial charge in [0.05, 0.1) is 5.52 Å². The van der Waals surface area contributed by atoms with Gasteiger partial charge in [-0.2, -0.15) is 0 Å². The Morgan fingerprint density at radius 1 is 1.14 bits per heavy atom. The number of thiophene rings is 1. The van der Waals surface area contributed by atoms with Gasteiger partial charge in [0.25, 0.3) is 5.91 Å². The van der Waals surface area contributed by atoms with Gasteiger partial charge in [-0.05, 0) is 62.9 Å². The second-order valence-corrected chi connectivity index (χ2v) is 8.98. The van der Waals surface area contributed by atoms with Gasteiger partial charge in [-0.15, -0.1) is 11.3 Å². The van der Waals surface area contributed by atoms with Crippen LogP contribution in [-0.2, 0) is 4.79 Å². The topological polar surface area (TPSA) is 68.7 Å². The molecule has 0 bridgehead atoms. The third kappa shape index (κ3) is 4.27. The highest BCUT2D eigenvalue weighted by Crippen LogP contribution is 2.27. The molecule has 0 aliphatic carbocycles. The van der Waals surface area contributed by atoms with Crippen LogP contribution in [0.4, 0.5) is 11.5 Å². The lowest BCUT2D eigenvalue weighted by molar-refractivity contribution is -0.124. The van der Waals surface area contributed by atoms with Gasteiger partial charge in [-0.1, -0.05) is 0 Å². The van der Waals surface area contributed by atoms with E-state index in [1.807, 2.05) is 31.2 Å². The predicted molar refractivity (Wildman–Crippen MR) is 119 cm³/mol. The largest absolute Gasteiger partial charge is 0.378 e. The average molecular weight is 411 g/mol. The molecule has 0 spiro atoms. The summed E-state index contributed by atoms with van der Waals surface area (Å²) in [6, 6.07) is 11.5. The van der Waals surface area contributed by atoms with Crippen molar-refractivity contribution in [3.63, 3.8) is 0 Å². The number of amides is 1. The molecule has 1 aromatic carbocycles. The zero-order valence-corrected chi connectivity index (χ0v) is 17.8. The van der Waals surface area contributed by atoms with E-state index in [-0.39, 0.29) is 0 Å². The number of aromatic nitrogens is 1. The van der Waals surface area contributed by atoms with Crippen LogP contribution >= 0.6 is 11.3 Å². The molecular formula is C22H26N4O2S. The quantitative estimate of drug-likeness (QED) is 0.691. The number of aliphatic hydroxyl groups is 1. The first kappa shape index (κ1) is 19.8. The van der Waals surface area contributed by atoms with E-state index in [0.29, 0.717) is 10.6 Å². The summed E-state index contributed by atoms with van der Waals surface area (Å²) in [4.78, 5) is 23.6. The number of hydrogen-bond donors (Lipinski definition) is 2. The van der Waals surface area contributed by atoms with Crippen LogP contribution in [0.15, 0.2) is 36.4 Å². The van der Waals surface area contributed by atoms with E-state index < -0.39 is 12.0 Å². The highest BCUT2D eigenvalue weighted by molar-refractivity contribution is 7.12. The van der Waals surface area contributed by atoms with Gasteiger partial charge < -0.3 is 20.2 Å². The first-order valence-electron chi connectivity index (χ1n) is 9.81. The number of fused-ring (bicyclic) bond motifs is 1. The van der Waals surface area contributed by atoms with Crippen LogP contribution in [-0.4, -0.2) is 54.1 Å². The summed E-state index contributed by atoms with van der Waals surface area (Å²) in [5.74, 6) is 0.578. The number of piperazine rings is 1. The summed E-state index contributed by atoms with van der Waals surface area (Å²) in [5.41, 5.74) is 2.69. The van der Waals surface area contributed by atoms with Crippen molar-refractivity contribution in [3.8, 4) is 0 Å². The summed E-state index contributed by atoms with van der Waals surface area (Å²) < 4.78 is 0. The van der Waals surface area contributed by atoms with E-state index in [2.05, 4.69) is 35.2 Å². The van der Waals surface area contributed by atoms with Crippen molar-refractivity contribution >= 4 is 39.7 Å². The second-order valence-electron chi connectivity index (χ2n) is 7.66. The molecule has 4 rings (SSSR count). The summed E-state index contributed by atoms with van der Waals surface area (Å²) >= 11 is 1.43. The Hall–Kier alpha value is -2.48. The Kier molecular flexibility index (Phi) is 5.54. The third-order valence-corrected chi connectivity index (χ3v) is 6.43. The van der Waals surface area contributed by atoms with E-state index in [4.69, 9.17) is 4.98 Å². The summed E-state index contributed by atoms with van der Waals surface area (Å²) in [6.07, 6.45) is -1.16. The number of aryl methyl sites for hydroxylation is 2. The van der Waals surface area contributed by atoms with Crippen LogP contribution in [0.1, 0.15) is 21.4 Å². The Labute approximate surface area is 174 Å². The predicted octanol–water partition coefficient (Wildman–Crippen LogP) is 3.34. The van der Waals surface area contributed by atoms with Crippen molar-refractivity contribution in [3.05, 3.63) is 51.7 Å². The number of pyridine rings is 1. The van der Waals surface area contributed by atoms with Crippen LogP contribution in [0, 0.1) is 13.8 Å². The number of aliphatic hydroxyl groups excluding tert-OH is 1. The molecule has 1 fully saturated rings. The molecule has 6 nitrogen and oxygen atoms in total. The molecule has 0 saturated carbocycles. The first-order chi connectivity index (χ1) is 13.9. The highest BCUT2D eigenvalue weighted by atomic mass is 32.1. The monoisotopic (exact) mass is 410 g/mol. The van der Waals surface area contributed by atoms with E-state index in [1.54, 1.807) is 6.07 Å². The SMILES string of the molecule is Cc1ccc(C(O)C(=O)Nc2ccc3nc(N4CCN(C)CC4)cc(C)c3c2)s1. The maximum absolute atomic E-state index is 12.4.